The molecule has 2 saturated heterocycles. The number of sulfone groups is 1. The number of nitrogens with one attached hydrogen (secondary N) is 1. The predicted molar refractivity (Wildman–Crippen MR) is 132 cm³/mol. The van der Waals surface area contributed by atoms with Crippen molar-refractivity contribution in [2.24, 2.45) is 4.99 Å². The van der Waals surface area contributed by atoms with Crippen LogP contribution in [0.1, 0.15) is 10.4 Å². The largest absolute Gasteiger partial charge is 0.497 e. The lowest BCUT2D eigenvalue weighted by Crippen LogP contribution is -2.48. The van der Waals surface area contributed by atoms with E-state index in [4.69, 9.17) is 4.74 Å². The number of hydrogen-bond donors (Lipinski definition) is 1. The van der Waals surface area contributed by atoms with Gasteiger partial charge < -0.3 is 19.9 Å². The number of carbonyl (C=O) groups is 1. The number of carbonyl (C=O) groups excluding carboxylic acids is 1. The average molecular weight is 487 g/mol. The Morgan fingerprint density at radius 2 is 1.88 bits per heavy atom. The Hall–Kier alpha value is -2.72. The normalized spacial score (nSPS) is 23.7. The Morgan fingerprint density at radius 1 is 1.09 bits per heavy atom. The van der Waals surface area contributed by atoms with E-state index < -0.39 is 9.84 Å². The van der Waals surface area contributed by atoms with Crippen LogP contribution in [0.25, 0.3) is 0 Å². The molecule has 0 aliphatic carbocycles. The minimum Gasteiger partial charge on any atom is -0.497 e. The molecule has 1 N–H and O–H groups in total. The Labute approximate surface area is 197 Å². The number of hydrogen-bond acceptors (Lipinski definition) is 8. The number of amidine groups is 1. The second kappa shape index (κ2) is 8.90. The van der Waals surface area contributed by atoms with Gasteiger partial charge in [0.05, 0.1) is 24.7 Å². The highest BCUT2D eigenvalue weighted by Gasteiger charge is 2.42. The SMILES string of the molecule is COc1cccc(N2CCN(C(=O)c3cccc(NC4=N[C@H]5CS(=O)(=O)C[C@@H]5S4)c3)CC2)c1. The molecule has 3 heterocycles. The Bertz CT molecular complexity index is 1190. The van der Waals surface area contributed by atoms with Crippen molar-refractivity contribution in [2.45, 2.75) is 11.3 Å². The Balaban J connectivity index is 1.20. The van der Waals surface area contributed by atoms with Crippen LogP contribution in [-0.2, 0) is 9.84 Å². The maximum atomic E-state index is 13.1. The summed E-state index contributed by atoms with van der Waals surface area (Å²) in [6, 6.07) is 15.2. The van der Waals surface area contributed by atoms with Crippen molar-refractivity contribution in [1.82, 2.24) is 4.90 Å². The number of aliphatic imine (C=N–C) groups is 1. The topological polar surface area (TPSA) is 91.3 Å². The van der Waals surface area contributed by atoms with Crippen LogP contribution >= 0.6 is 11.8 Å². The van der Waals surface area contributed by atoms with Gasteiger partial charge >= 0.3 is 0 Å². The van der Waals surface area contributed by atoms with Gasteiger partial charge in [0, 0.05) is 54.4 Å². The molecule has 0 aromatic heterocycles. The van der Waals surface area contributed by atoms with E-state index in [0.29, 0.717) is 18.7 Å². The zero-order chi connectivity index (χ0) is 23.0. The van der Waals surface area contributed by atoms with Crippen LogP contribution in [-0.4, -0.2) is 80.5 Å². The molecular weight excluding hydrogens is 460 g/mol. The number of rotatable bonds is 4. The fourth-order valence-electron chi connectivity index (χ4n) is 4.43. The predicted octanol–water partition coefficient (Wildman–Crippen LogP) is 2.34. The van der Waals surface area contributed by atoms with Gasteiger partial charge in [-0.3, -0.25) is 9.79 Å². The first-order valence-corrected chi connectivity index (χ1v) is 13.6. The lowest BCUT2D eigenvalue weighted by atomic mass is 10.1. The highest BCUT2D eigenvalue weighted by molar-refractivity contribution is 8.15. The molecule has 5 rings (SSSR count). The van der Waals surface area contributed by atoms with Gasteiger partial charge in [0.25, 0.3) is 5.91 Å². The van der Waals surface area contributed by atoms with Crippen LogP contribution < -0.4 is 15.0 Å². The number of methoxy groups -OCH3 is 1. The molecule has 3 aliphatic rings. The highest BCUT2D eigenvalue weighted by Crippen LogP contribution is 2.34. The summed E-state index contributed by atoms with van der Waals surface area (Å²) < 4.78 is 28.8. The van der Waals surface area contributed by atoms with Crippen molar-refractivity contribution < 1.29 is 17.9 Å². The molecule has 0 bridgehead atoms. The summed E-state index contributed by atoms with van der Waals surface area (Å²) in [5, 5.41) is 3.97. The summed E-state index contributed by atoms with van der Waals surface area (Å²) in [5.41, 5.74) is 2.51. The molecule has 2 atom stereocenters. The first-order valence-electron chi connectivity index (χ1n) is 10.9. The third-order valence-electron chi connectivity index (χ3n) is 6.16. The van der Waals surface area contributed by atoms with E-state index in [9.17, 15) is 13.2 Å². The van der Waals surface area contributed by atoms with Crippen molar-refractivity contribution in [2.75, 3.05) is 55.0 Å². The van der Waals surface area contributed by atoms with Crippen LogP contribution in [0.3, 0.4) is 0 Å². The minimum absolute atomic E-state index is 0.00733. The van der Waals surface area contributed by atoms with E-state index in [1.807, 2.05) is 47.4 Å². The van der Waals surface area contributed by atoms with Gasteiger partial charge in [-0.05, 0) is 30.3 Å². The second-order valence-corrected chi connectivity index (χ2v) is 11.8. The van der Waals surface area contributed by atoms with E-state index in [-0.39, 0.29) is 28.7 Å². The van der Waals surface area contributed by atoms with E-state index in [1.165, 1.54) is 11.8 Å². The van der Waals surface area contributed by atoms with Crippen LogP contribution in [0.4, 0.5) is 11.4 Å². The fourth-order valence-corrected chi connectivity index (χ4v) is 8.10. The van der Waals surface area contributed by atoms with Gasteiger partial charge in [0.2, 0.25) is 0 Å². The molecule has 3 aliphatic heterocycles. The number of piperazine rings is 1. The van der Waals surface area contributed by atoms with Gasteiger partial charge in [0.1, 0.15) is 5.75 Å². The lowest BCUT2D eigenvalue weighted by Gasteiger charge is -2.36. The van der Waals surface area contributed by atoms with Crippen molar-refractivity contribution in [3.8, 4) is 5.75 Å². The average Bonchev–Trinajstić information content (AvgIpc) is 3.31. The van der Waals surface area contributed by atoms with E-state index in [0.717, 1.165) is 35.4 Å². The summed E-state index contributed by atoms with van der Waals surface area (Å²) in [6.45, 7) is 2.81. The molecule has 8 nitrogen and oxygen atoms in total. The molecule has 0 spiro atoms. The van der Waals surface area contributed by atoms with Gasteiger partial charge in [-0.2, -0.15) is 0 Å². The molecule has 0 unspecified atom stereocenters. The fraction of sp³-hybridized carbons (Fsp3) is 0.391. The number of thioether (sulfide) groups is 1. The van der Waals surface area contributed by atoms with Gasteiger partial charge in [-0.25, -0.2) is 8.42 Å². The number of ether oxygens (including phenoxy) is 1. The van der Waals surface area contributed by atoms with Gasteiger partial charge in [0.15, 0.2) is 15.0 Å². The maximum absolute atomic E-state index is 13.1. The van der Waals surface area contributed by atoms with Crippen molar-refractivity contribution in [3.63, 3.8) is 0 Å². The van der Waals surface area contributed by atoms with Crippen LogP contribution in [0.2, 0.25) is 0 Å². The molecule has 10 heteroatoms. The number of anilines is 2. The number of benzene rings is 2. The van der Waals surface area contributed by atoms with E-state index in [2.05, 4.69) is 21.3 Å². The monoisotopic (exact) mass is 486 g/mol. The second-order valence-electron chi connectivity index (χ2n) is 8.42. The van der Waals surface area contributed by atoms with Crippen LogP contribution in [0, 0.1) is 0 Å². The zero-order valence-electron chi connectivity index (χ0n) is 18.3. The summed E-state index contributed by atoms with van der Waals surface area (Å²) >= 11 is 1.47. The van der Waals surface area contributed by atoms with E-state index >= 15 is 0 Å². The van der Waals surface area contributed by atoms with Crippen LogP contribution in [0.5, 0.6) is 5.75 Å². The number of fused-ring (bicyclic) bond motifs is 1. The standard InChI is InChI=1S/C23H26N4O4S2/c1-31-19-7-3-6-18(13-19)26-8-10-27(11-9-26)22(28)16-4-2-5-17(12-16)24-23-25-20-14-33(29,30)15-21(20)32-23/h2-7,12-13,20-21H,8-11,14-15H2,1H3,(H,24,25)/t20-,21-/m0/s1. The molecule has 33 heavy (non-hydrogen) atoms. The first kappa shape index (κ1) is 22.1. The smallest absolute Gasteiger partial charge is 0.254 e. The summed E-state index contributed by atoms with van der Waals surface area (Å²) in [5.74, 6) is 1.13. The Kier molecular flexibility index (Phi) is 5.96. The lowest BCUT2D eigenvalue weighted by molar-refractivity contribution is 0.0747. The summed E-state index contributed by atoms with van der Waals surface area (Å²) in [7, 11) is -1.31. The molecule has 1 amide bonds. The maximum Gasteiger partial charge on any atom is 0.254 e. The molecule has 174 valence electrons. The van der Waals surface area contributed by atoms with Crippen molar-refractivity contribution in [3.05, 3.63) is 54.1 Å². The van der Waals surface area contributed by atoms with Crippen molar-refractivity contribution in [1.29, 1.82) is 0 Å². The van der Waals surface area contributed by atoms with Gasteiger partial charge in [-0.15, -0.1) is 0 Å². The summed E-state index contributed by atoms with van der Waals surface area (Å²) in [6.07, 6.45) is 0. The number of nitrogens with zero attached hydrogens (tertiary/aromatic N) is 3. The van der Waals surface area contributed by atoms with Gasteiger partial charge in [-0.1, -0.05) is 23.9 Å². The molecule has 2 aromatic carbocycles. The van der Waals surface area contributed by atoms with Crippen molar-refractivity contribution >= 4 is 44.0 Å². The molecule has 0 saturated carbocycles. The first-order chi connectivity index (χ1) is 15.9. The van der Waals surface area contributed by atoms with E-state index in [1.54, 1.807) is 7.11 Å². The summed E-state index contributed by atoms with van der Waals surface area (Å²) in [4.78, 5) is 21.8. The highest BCUT2D eigenvalue weighted by atomic mass is 32.2. The quantitative estimate of drug-likeness (QED) is 0.709. The molecule has 2 fully saturated rings. The Morgan fingerprint density at radius 3 is 2.64 bits per heavy atom. The molecular formula is C23H26N4O4S2. The van der Waals surface area contributed by atoms with Crippen LogP contribution in [0.15, 0.2) is 53.5 Å². The zero-order valence-corrected chi connectivity index (χ0v) is 19.9. The third kappa shape index (κ3) is 4.81. The third-order valence-corrected chi connectivity index (χ3v) is 9.31. The molecule has 2 aromatic rings. The number of amides is 1. The molecule has 0 radical (unpaired) electrons. The minimum atomic E-state index is -2.97.